The second-order valence-corrected chi connectivity index (χ2v) is 6.40. The van der Waals surface area contributed by atoms with Gasteiger partial charge in [0.25, 0.3) is 0 Å². The molecule has 0 aromatic heterocycles. The third-order valence-corrected chi connectivity index (χ3v) is 4.30. The van der Waals surface area contributed by atoms with E-state index in [0.717, 1.165) is 22.6 Å². The molecule has 2 N–H and O–H groups in total. The first-order valence-electron chi connectivity index (χ1n) is 8.94. The molecule has 0 aliphatic rings. The topological polar surface area (TPSA) is 71.4 Å². The molecule has 0 bridgehead atoms. The van der Waals surface area contributed by atoms with E-state index < -0.39 is 6.10 Å². The lowest BCUT2D eigenvalue weighted by Gasteiger charge is -2.24. The van der Waals surface area contributed by atoms with E-state index in [9.17, 15) is 5.11 Å². The second kappa shape index (κ2) is 10.9. The maximum atomic E-state index is 10.3. The average Bonchev–Trinajstić information content (AvgIpc) is 2.69. The zero-order valence-electron chi connectivity index (χ0n) is 16.2. The van der Waals surface area contributed by atoms with Crippen LogP contribution in [0.25, 0.3) is 0 Å². The summed E-state index contributed by atoms with van der Waals surface area (Å²) in [6.07, 6.45) is -0.972. The van der Waals surface area contributed by atoms with Crippen molar-refractivity contribution in [3.05, 3.63) is 59.7 Å². The molecule has 2 aromatic rings. The molecule has 0 radical (unpaired) electrons. The molecule has 6 heteroatoms. The van der Waals surface area contributed by atoms with Crippen molar-refractivity contribution in [2.24, 2.45) is 0 Å². The first-order chi connectivity index (χ1) is 13.1. The van der Waals surface area contributed by atoms with Gasteiger partial charge in [-0.1, -0.05) is 24.3 Å². The van der Waals surface area contributed by atoms with E-state index in [1.807, 2.05) is 60.5 Å². The molecule has 0 saturated carbocycles. The maximum absolute atomic E-state index is 10.3. The van der Waals surface area contributed by atoms with Crippen LogP contribution in [0, 0.1) is 0 Å². The third-order valence-electron chi connectivity index (χ3n) is 4.30. The quantitative estimate of drug-likeness (QED) is 0.627. The van der Waals surface area contributed by atoms with Gasteiger partial charge in [0, 0.05) is 13.1 Å². The molecule has 1 atom stereocenters. The third kappa shape index (κ3) is 6.52. The lowest BCUT2D eigenvalue weighted by molar-refractivity contribution is -0.00672. The van der Waals surface area contributed by atoms with Crippen molar-refractivity contribution in [1.29, 1.82) is 0 Å². The van der Waals surface area contributed by atoms with Gasteiger partial charge in [0.1, 0.15) is 17.6 Å². The van der Waals surface area contributed by atoms with Gasteiger partial charge in [-0.25, -0.2) is 0 Å². The van der Waals surface area contributed by atoms with Gasteiger partial charge in [-0.2, -0.15) is 0 Å². The van der Waals surface area contributed by atoms with Crippen LogP contribution in [-0.2, 0) is 4.74 Å². The predicted octanol–water partition coefficient (Wildman–Crippen LogP) is 2.09. The average molecular weight is 375 g/mol. The van der Waals surface area contributed by atoms with E-state index in [0.29, 0.717) is 13.1 Å². The summed E-state index contributed by atoms with van der Waals surface area (Å²) in [4.78, 5) is 1.86. The summed E-state index contributed by atoms with van der Waals surface area (Å²) in [7, 11) is 5.11. The van der Waals surface area contributed by atoms with E-state index in [2.05, 4.69) is 0 Å². The first kappa shape index (κ1) is 21.2. The van der Waals surface area contributed by atoms with Gasteiger partial charge in [-0.15, -0.1) is 0 Å². The number of aliphatic hydroxyl groups is 2. The zero-order chi connectivity index (χ0) is 19.6. The van der Waals surface area contributed by atoms with Crippen LogP contribution in [-0.4, -0.2) is 68.8 Å². The summed E-state index contributed by atoms with van der Waals surface area (Å²) in [5.74, 6) is 1.55. The molecule has 2 rings (SSSR count). The van der Waals surface area contributed by atoms with Crippen molar-refractivity contribution in [3.8, 4) is 11.5 Å². The Balaban J connectivity index is 2.13. The van der Waals surface area contributed by atoms with Crippen LogP contribution in [0.15, 0.2) is 48.5 Å². The molecule has 0 amide bonds. The van der Waals surface area contributed by atoms with Crippen molar-refractivity contribution in [1.82, 2.24) is 4.90 Å². The molecule has 0 aliphatic heterocycles. The normalized spacial score (nSPS) is 12.4. The maximum Gasteiger partial charge on any atom is 0.118 e. The Morgan fingerprint density at radius 2 is 1.37 bits per heavy atom. The summed E-state index contributed by atoms with van der Waals surface area (Å²) in [5.41, 5.74) is 1.94. The molecule has 0 aliphatic carbocycles. The number of hydrogen-bond donors (Lipinski definition) is 2. The highest BCUT2D eigenvalue weighted by atomic mass is 16.5. The minimum Gasteiger partial charge on any atom is -0.497 e. The fraction of sp³-hybridized carbons (Fsp3) is 0.429. The van der Waals surface area contributed by atoms with E-state index in [1.54, 1.807) is 14.2 Å². The van der Waals surface area contributed by atoms with Gasteiger partial charge in [0.05, 0.1) is 33.5 Å². The number of aliphatic hydroxyl groups excluding tert-OH is 2. The summed E-state index contributed by atoms with van der Waals surface area (Å²) < 4.78 is 16.5. The van der Waals surface area contributed by atoms with E-state index in [4.69, 9.17) is 19.3 Å². The van der Waals surface area contributed by atoms with Crippen molar-refractivity contribution < 1.29 is 24.4 Å². The Morgan fingerprint density at radius 1 is 0.889 bits per heavy atom. The fourth-order valence-corrected chi connectivity index (χ4v) is 2.82. The molecule has 27 heavy (non-hydrogen) atoms. The summed E-state index contributed by atoms with van der Waals surface area (Å²) in [6.45, 7) is 1.18. The van der Waals surface area contributed by atoms with Crippen molar-refractivity contribution in [3.63, 3.8) is 0 Å². The highest BCUT2D eigenvalue weighted by Gasteiger charge is 2.18. The Hall–Kier alpha value is -2.12. The number of methoxy groups -OCH3 is 2. The molecule has 0 spiro atoms. The number of likely N-dealkylation sites (N-methyl/N-ethyl adjacent to an activating group) is 1. The highest BCUT2D eigenvalue weighted by molar-refractivity contribution is 5.36. The predicted molar refractivity (Wildman–Crippen MR) is 104 cm³/mol. The Kier molecular flexibility index (Phi) is 8.54. The van der Waals surface area contributed by atoms with Crippen LogP contribution < -0.4 is 9.47 Å². The van der Waals surface area contributed by atoms with Crippen LogP contribution in [0.5, 0.6) is 11.5 Å². The monoisotopic (exact) mass is 375 g/mol. The molecule has 0 saturated heterocycles. The highest BCUT2D eigenvalue weighted by Crippen LogP contribution is 2.29. The number of rotatable bonds is 11. The van der Waals surface area contributed by atoms with Gasteiger partial charge in [-0.3, -0.25) is 0 Å². The van der Waals surface area contributed by atoms with Gasteiger partial charge in [0.15, 0.2) is 0 Å². The van der Waals surface area contributed by atoms with Crippen LogP contribution >= 0.6 is 0 Å². The Labute approximate surface area is 160 Å². The minimum absolute atomic E-state index is 0.0599. The molecule has 2 aromatic carbocycles. The largest absolute Gasteiger partial charge is 0.497 e. The number of nitrogens with zero attached hydrogens (tertiary/aromatic N) is 1. The van der Waals surface area contributed by atoms with Crippen LogP contribution in [0.2, 0.25) is 0 Å². The minimum atomic E-state index is -0.652. The van der Waals surface area contributed by atoms with Crippen LogP contribution in [0.3, 0.4) is 0 Å². The first-order valence-corrected chi connectivity index (χ1v) is 8.94. The van der Waals surface area contributed by atoms with E-state index in [-0.39, 0.29) is 19.3 Å². The van der Waals surface area contributed by atoms with Gasteiger partial charge >= 0.3 is 0 Å². The van der Waals surface area contributed by atoms with Gasteiger partial charge in [-0.05, 0) is 42.4 Å². The van der Waals surface area contributed by atoms with Crippen molar-refractivity contribution >= 4 is 0 Å². The molecule has 148 valence electrons. The molecule has 0 unspecified atom stereocenters. The van der Waals surface area contributed by atoms with Crippen molar-refractivity contribution in [2.75, 3.05) is 47.6 Å². The Morgan fingerprint density at radius 3 is 1.78 bits per heavy atom. The van der Waals surface area contributed by atoms with Gasteiger partial charge in [0.2, 0.25) is 0 Å². The number of hydrogen-bond acceptors (Lipinski definition) is 6. The molecule has 0 heterocycles. The van der Waals surface area contributed by atoms with Crippen LogP contribution in [0.1, 0.15) is 17.2 Å². The molecular formula is C21H29NO5. The van der Waals surface area contributed by atoms with E-state index in [1.165, 1.54) is 0 Å². The summed E-state index contributed by atoms with van der Waals surface area (Å²) >= 11 is 0. The fourth-order valence-electron chi connectivity index (χ4n) is 2.82. The molecule has 6 nitrogen and oxygen atoms in total. The smallest absolute Gasteiger partial charge is 0.118 e. The summed E-state index contributed by atoms with van der Waals surface area (Å²) in [5, 5.41) is 19.2. The SMILES string of the molecule is COc1ccc(C(OC[C@H](O)CN(C)CCO)c2ccc(OC)cc2)cc1. The number of benzene rings is 2. The lowest BCUT2D eigenvalue weighted by Crippen LogP contribution is -2.34. The van der Waals surface area contributed by atoms with Crippen LogP contribution in [0.4, 0.5) is 0 Å². The Bertz CT molecular complexity index is 612. The second-order valence-electron chi connectivity index (χ2n) is 6.40. The molecular weight excluding hydrogens is 346 g/mol. The summed E-state index contributed by atoms with van der Waals surface area (Å²) in [6, 6.07) is 15.4. The number of ether oxygens (including phenoxy) is 3. The lowest BCUT2D eigenvalue weighted by atomic mass is 10.0. The van der Waals surface area contributed by atoms with Gasteiger partial charge < -0.3 is 29.3 Å². The van der Waals surface area contributed by atoms with Crippen molar-refractivity contribution in [2.45, 2.75) is 12.2 Å². The standard InChI is InChI=1S/C21H29NO5/c1-22(12-13-23)14-18(24)15-27-21(16-4-8-19(25-2)9-5-16)17-6-10-20(26-3)11-7-17/h4-11,18,21,23-24H,12-15H2,1-3H3/t18-/m1/s1. The molecule has 0 fully saturated rings. The zero-order valence-corrected chi connectivity index (χ0v) is 16.2. The van der Waals surface area contributed by atoms with E-state index >= 15 is 0 Å².